The van der Waals surface area contributed by atoms with Gasteiger partial charge in [0, 0.05) is 18.8 Å². The van der Waals surface area contributed by atoms with E-state index in [-0.39, 0.29) is 23.7 Å². The molecule has 106 valence electrons. The molecular formula is C11H17N3O4S. The molecule has 0 fully saturated rings. The highest BCUT2D eigenvalue weighted by atomic mass is 32.2. The number of pyridine rings is 1. The van der Waals surface area contributed by atoms with E-state index in [2.05, 4.69) is 15.0 Å². The van der Waals surface area contributed by atoms with Crippen LogP contribution in [0, 0.1) is 6.92 Å². The van der Waals surface area contributed by atoms with Crippen molar-refractivity contribution in [3.8, 4) is 0 Å². The number of aromatic nitrogens is 1. The van der Waals surface area contributed by atoms with Gasteiger partial charge in [-0.05, 0) is 19.1 Å². The summed E-state index contributed by atoms with van der Waals surface area (Å²) in [7, 11) is -3.33. The van der Waals surface area contributed by atoms with Gasteiger partial charge in [0.05, 0.1) is 5.75 Å². The van der Waals surface area contributed by atoms with Crippen molar-refractivity contribution < 1.29 is 18.3 Å². The van der Waals surface area contributed by atoms with E-state index in [1.165, 1.54) is 6.07 Å². The highest BCUT2D eigenvalue weighted by Gasteiger charge is 2.13. The number of nitrogens with one attached hydrogen (secondary N) is 2. The van der Waals surface area contributed by atoms with Gasteiger partial charge in [0.25, 0.3) is 0 Å². The minimum Gasteiger partial charge on any atom is -0.478 e. The van der Waals surface area contributed by atoms with Gasteiger partial charge in [0.15, 0.2) is 0 Å². The molecule has 0 atom stereocenters. The summed E-state index contributed by atoms with van der Waals surface area (Å²) in [6.07, 6.45) is 0. The second-order valence-electron chi connectivity index (χ2n) is 3.90. The fraction of sp³-hybridized carbons (Fsp3) is 0.455. The van der Waals surface area contributed by atoms with Crippen molar-refractivity contribution >= 4 is 21.8 Å². The van der Waals surface area contributed by atoms with Gasteiger partial charge in [0.1, 0.15) is 11.4 Å². The number of carboxylic acids is 1. The van der Waals surface area contributed by atoms with Crippen molar-refractivity contribution in [2.45, 2.75) is 13.8 Å². The van der Waals surface area contributed by atoms with Gasteiger partial charge >= 0.3 is 5.97 Å². The number of sulfonamides is 1. The maximum absolute atomic E-state index is 11.4. The smallest absolute Gasteiger partial charge is 0.339 e. The molecule has 0 unspecified atom stereocenters. The summed E-state index contributed by atoms with van der Waals surface area (Å²) in [5.41, 5.74) is 0.675. The van der Waals surface area contributed by atoms with Crippen LogP contribution in [-0.4, -0.2) is 43.3 Å². The quantitative estimate of drug-likeness (QED) is 0.671. The van der Waals surface area contributed by atoms with Crippen molar-refractivity contribution in [3.05, 3.63) is 23.4 Å². The number of aryl methyl sites for hydroxylation is 1. The van der Waals surface area contributed by atoms with E-state index in [1.54, 1.807) is 19.9 Å². The molecule has 0 aliphatic heterocycles. The van der Waals surface area contributed by atoms with Crippen LogP contribution in [0.15, 0.2) is 12.1 Å². The van der Waals surface area contributed by atoms with E-state index < -0.39 is 16.0 Å². The third kappa shape index (κ3) is 4.84. The fourth-order valence-corrected chi connectivity index (χ4v) is 2.41. The molecule has 0 saturated carbocycles. The SMILES string of the molecule is CCNS(=O)(=O)CCNc1nc(C)ccc1C(=O)O. The number of aromatic carboxylic acids is 1. The Kier molecular flexibility index (Phi) is 5.25. The second kappa shape index (κ2) is 6.48. The fourth-order valence-electron chi connectivity index (χ4n) is 1.46. The molecule has 0 spiro atoms. The monoisotopic (exact) mass is 287 g/mol. The molecule has 19 heavy (non-hydrogen) atoms. The topological polar surface area (TPSA) is 108 Å². The summed E-state index contributed by atoms with van der Waals surface area (Å²) in [6.45, 7) is 3.83. The Morgan fingerprint density at radius 3 is 2.68 bits per heavy atom. The van der Waals surface area contributed by atoms with Crippen LogP contribution in [-0.2, 0) is 10.0 Å². The number of carbonyl (C=O) groups is 1. The average Bonchev–Trinajstić information content (AvgIpc) is 2.28. The first-order chi connectivity index (χ1) is 8.85. The second-order valence-corrected chi connectivity index (χ2v) is 5.82. The summed E-state index contributed by atoms with van der Waals surface area (Å²) in [5.74, 6) is -1.07. The predicted molar refractivity (Wildman–Crippen MR) is 71.9 cm³/mol. The molecule has 0 radical (unpaired) electrons. The van der Waals surface area contributed by atoms with Crippen molar-refractivity contribution in [1.29, 1.82) is 0 Å². The molecule has 1 heterocycles. The van der Waals surface area contributed by atoms with Gasteiger partial charge in [0.2, 0.25) is 10.0 Å². The van der Waals surface area contributed by atoms with E-state index in [9.17, 15) is 13.2 Å². The Morgan fingerprint density at radius 2 is 2.11 bits per heavy atom. The Bertz CT molecular complexity index is 557. The molecule has 0 aliphatic carbocycles. The Balaban J connectivity index is 2.73. The minimum atomic E-state index is -3.33. The highest BCUT2D eigenvalue weighted by molar-refractivity contribution is 7.89. The summed E-state index contributed by atoms with van der Waals surface area (Å²) >= 11 is 0. The van der Waals surface area contributed by atoms with Gasteiger partial charge in [-0.2, -0.15) is 0 Å². The van der Waals surface area contributed by atoms with Crippen molar-refractivity contribution in [3.63, 3.8) is 0 Å². The maximum atomic E-state index is 11.4. The van der Waals surface area contributed by atoms with Crippen LogP contribution in [0.1, 0.15) is 23.0 Å². The molecule has 0 amide bonds. The Morgan fingerprint density at radius 1 is 1.42 bits per heavy atom. The number of carboxylic acid groups (broad SMARTS) is 1. The molecule has 3 N–H and O–H groups in total. The molecule has 0 aromatic carbocycles. The zero-order chi connectivity index (χ0) is 14.5. The zero-order valence-electron chi connectivity index (χ0n) is 10.8. The summed E-state index contributed by atoms with van der Waals surface area (Å²) < 4.78 is 25.2. The lowest BCUT2D eigenvalue weighted by atomic mass is 10.2. The van der Waals surface area contributed by atoms with Crippen LogP contribution in [0.5, 0.6) is 0 Å². The molecule has 7 nitrogen and oxygen atoms in total. The standard InChI is InChI=1S/C11H17N3O4S/c1-3-13-19(17,18)7-6-12-10-9(11(15)16)5-4-8(2)14-10/h4-5,13H,3,6-7H2,1-2H3,(H,12,14)(H,15,16). The van der Waals surface area contributed by atoms with Crippen molar-refractivity contribution in [2.24, 2.45) is 0 Å². The molecule has 8 heteroatoms. The average molecular weight is 287 g/mol. The van der Waals surface area contributed by atoms with Crippen LogP contribution in [0.25, 0.3) is 0 Å². The van der Waals surface area contributed by atoms with E-state index >= 15 is 0 Å². The first kappa shape index (κ1) is 15.4. The normalized spacial score (nSPS) is 11.3. The highest BCUT2D eigenvalue weighted by Crippen LogP contribution is 2.13. The van der Waals surface area contributed by atoms with E-state index in [4.69, 9.17) is 5.11 Å². The molecule has 1 aromatic heterocycles. The molecule has 1 aromatic rings. The third-order valence-corrected chi connectivity index (χ3v) is 3.76. The van der Waals surface area contributed by atoms with Crippen LogP contribution < -0.4 is 10.0 Å². The van der Waals surface area contributed by atoms with Gasteiger partial charge in [-0.15, -0.1) is 0 Å². The van der Waals surface area contributed by atoms with Gasteiger partial charge < -0.3 is 10.4 Å². The lowest BCUT2D eigenvalue weighted by Gasteiger charge is -2.09. The lowest BCUT2D eigenvalue weighted by Crippen LogP contribution is -2.29. The largest absolute Gasteiger partial charge is 0.478 e. The summed E-state index contributed by atoms with van der Waals surface area (Å²) in [6, 6.07) is 3.02. The van der Waals surface area contributed by atoms with Crippen LogP contribution in [0.3, 0.4) is 0 Å². The van der Waals surface area contributed by atoms with Gasteiger partial charge in [-0.25, -0.2) is 22.9 Å². The van der Waals surface area contributed by atoms with E-state index in [1.807, 2.05) is 0 Å². The van der Waals surface area contributed by atoms with Crippen LogP contribution >= 0.6 is 0 Å². The minimum absolute atomic E-state index is 0.0199. The van der Waals surface area contributed by atoms with Gasteiger partial charge in [-0.3, -0.25) is 0 Å². The number of hydrogen-bond donors (Lipinski definition) is 3. The van der Waals surface area contributed by atoms with Crippen LogP contribution in [0.2, 0.25) is 0 Å². The van der Waals surface area contributed by atoms with Crippen LogP contribution in [0.4, 0.5) is 5.82 Å². The number of hydrogen-bond acceptors (Lipinski definition) is 5. The third-order valence-electron chi connectivity index (χ3n) is 2.29. The van der Waals surface area contributed by atoms with E-state index in [0.717, 1.165) is 0 Å². The summed E-state index contributed by atoms with van der Waals surface area (Å²) in [5, 5.41) is 11.7. The maximum Gasteiger partial charge on any atom is 0.339 e. The first-order valence-electron chi connectivity index (χ1n) is 5.78. The molecule has 0 aliphatic rings. The number of anilines is 1. The molecular weight excluding hydrogens is 270 g/mol. The number of nitrogens with zero attached hydrogens (tertiary/aromatic N) is 1. The van der Waals surface area contributed by atoms with Crippen molar-refractivity contribution in [1.82, 2.24) is 9.71 Å². The first-order valence-corrected chi connectivity index (χ1v) is 7.43. The Labute approximate surface area is 112 Å². The molecule has 0 bridgehead atoms. The van der Waals surface area contributed by atoms with Crippen molar-refractivity contribution in [2.75, 3.05) is 24.2 Å². The number of rotatable bonds is 7. The zero-order valence-corrected chi connectivity index (χ0v) is 11.6. The van der Waals surface area contributed by atoms with Gasteiger partial charge in [-0.1, -0.05) is 6.92 Å². The predicted octanol–water partition coefficient (Wildman–Crippen LogP) is 0.439. The van der Waals surface area contributed by atoms with E-state index in [0.29, 0.717) is 12.2 Å². The molecule has 0 saturated heterocycles. The Hall–Kier alpha value is -1.67. The molecule has 1 rings (SSSR count). The summed E-state index contributed by atoms with van der Waals surface area (Å²) in [4.78, 5) is 15.0. The lowest BCUT2D eigenvalue weighted by molar-refractivity contribution is 0.0697.